The first kappa shape index (κ1) is 18.9. The Labute approximate surface area is 166 Å². The number of aromatic nitrogens is 2. The largest absolute Gasteiger partial charge is 0.417 e. The van der Waals surface area contributed by atoms with Crippen molar-refractivity contribution in [2.24, 2.45) is 0 Å². The van der Waals surface area contributed by atoms with Gasteiger partial charge in [-0.2, -0.15) is 13.2 Å². The van der Waals surface area contributed by atoms with Gasteiger partial charge in [0.1, 0.15) is 15.5 Å². The lowest BCUT2D eigenvalue weighted by molar-refractivity contribution is -0.136. The number of carbonyl (C=O) groups is 1. The van der Waals surface area contributed by atoms with E-state index >= 15 is 0 Å². The third-order valence-electron chi connectivity index (χ3n) is 4.15. The van der Waals surface area contributed by atoms with Gasteiger partial charge in [-0.05, 0) is 13.0 Å². The van der Waals surface area contributed by atoms with Crippen LogP contribution >= 0.6 is 11.3 Å². The fourth-order valence-electron chi connectivity index (χ4n) is 2.87. The van der Waals surface area contributed by atoms with Crippen LogP contribution in [0.5, 0.6) is 0 Å². The van der Waals surface area contributed by atoms with Crippen LogP contribution in [0.4, 0.5) is 24.7 Å². The molecule has 0 radical (unpaired) electrons. The van der Waals surface area contributed by atoms with Gasteiger partial charge in [0.2, 0.25) is 0 Å². The number of nitrogens with zero attached hydrogens (tertiary/aromatic N) is 2. The van der Waals surface area contributed by atoms with Crippen molar-refractivity contribution in [1.29, 1.82) is 0 Å². The molecular formula is C19H13F3N4O2S. The smallest absolute Gasteiger partial charge is 0.397 e. The molecule has 0 atom stereocenters. The van der Waals surface area contributed by atoms with E-state index in [0.717, 1.165) is 17.4 Å². The molecule has 1 amide bonds. The minimum atomic E-state index is -4.67. The second-order valence-corrected chi connectivity index (χ2v) is 7.22. The average Bonchev–Trinajstić information content (AvgIpc) is 3.24. The molecule has 4 rings (SSSR count). The van der Waals surface area contributed by atoms with Crippen LogP contribution in [-0.2, 0) is 6.18 Å². The third kappa shape index (κ3) is 3.54. The summed E-state index contributed by atoms with van der Waals surface area (Å²) in [6, 6.07) is 10.9. The van der Waals surface area contributed by atoms with Crippen molar-refractivity contribution in [1.82, 2.24) is 10.1 Å². The van der Waals surface area contributed by atoms with Gasteiger partial charge in [-0.25, -0.2) is 4.98 Å². The molecule has 6 nitrogen and oxygen atoms in total. The van der Waals surface area contributed by atoms with E-state index in [-0.39, 0.29) is 32.3 Å². The highest BCUT2D eigenvalue weighted by Gasteiger charge is 2.36. The molecule has 0 aliphatic rings. The number of amides is 1. The maximum atomic E-state index is 13.8. The Bertz CT molecular complexity index is 1220. The van der Waals surface area contributed by atoms with E-state index in [1.807, 2.05) is 0 Å². The Morgan fingerprint density at radius 2 is 1.93 bits per heavy atom. The number of nitrogen functional groups attached to an aromatic ring is 1. The molecule has 1 aromatic carbocycles. The lowest BCUT2D eigenvalue weighted by atomic mass is 10.1. The summed E-state index contributed by atoms with van der Waals surface area (Å²) in [4.78, 5) is 16.8. The fraction of sp³-hybridized carbons (Fsp3) is 0.105. The normalized spacial score (nSPS) is 11.7. The summed E-state index contributed by atoms with van der Waals surface area (Å²) in [6.45, 7) is 1.64. The van der Waals surface area contributed by atoms with Crippen molar-refractivity contribution in [3.8, 4) is 11.3 Å². The van der Waals surface area contributed by atoms with Crippen LogP contribution in [0.25, 0.3) is 21.5 Å². The number of nitrogens with one attached hydrogen (secondary N) is 1. The van der Waals surface area contributed by atoms with Gasteiger partial charge in [0.05, 0.1) is 16.9 Å². The van der Waals surface area contributed by atoms with Crippen molar-refractivity contribution in [3.63, 3.8) is 0 Å². The molecule has 29 heavy (non-hydrogen) atoms. The lowest BCUT2D eigenvalue weighted by Crippen LogP contribution is -2.12. The summed E-state index contributed by atoms with van der Waals surface area (Å²) in [5.74, 6) is -0.0790. The number of hydrogen-bond acceptors (Lipinski definition) is 6. The van der Waals surface area contributed by atoms with Crippen molar-refractivity contribution in [2.75, 3.05) is 11.1 Å². The first-order valence-corrected chi connectivity index (χ1v) is 9.16. The van der Waals surface area contributed by atoms with Crippen molar-refractivity contribution < 1.29 is 22.5 Å². The van der Waals surface area contributed by atoms with Gasteiger partial charge in [0.15, 0.2) is 5.82 Å². The molecule has 3 heterocycles. The molecule has 0 saturated heterocycles. The average molecular weight is 418 g/mol. The number of benzene rings is 1. The molecule has 0 spiro atoms. The van der Waals surface area contributed by atoms with E-state index in [1.165, 1.54) is 6.07 Å². The molecule has 0 aliphatic carbocycles. The third-order valence-corrected chi connectivity index (χ3v) is 5.25. The number of fused-ring (bicyclic) bond motifs is 1. The highest BCUT2D eigenvalue weighted by Crippen LogP contribution is 2.43. The number of thiophene rings is 1. The topological polar surface area (TPSA) is 94.0 Å². The van der Waals surface area contributed by atoms with E-state index in [2.05, 4.69) is 15.5 Å². The summed E-state index contributed by atoms with van der Waals surface area (Å²) >= 11 is 0.791. The van der Waals surface area contributed by atoms with Gasteiger partial charge in [-0.15, -0.1) is 11.3 Å². The number of rotatable bonds is 3. The summed E-state index contributed by atoms with van der Waals surface area (Å²) in [5, 5.41) is 5.81. The van der Waals surface area contributed by atoms with Crippen LogP contribution in [0.3, 0.4) is 0 Å². The highest BCUT2D eigenvalue weighted by molar-refractivity contribution is 7.21. The minimum absolute atomic E-state index is 0.0256. The summed E-state index contributed by atoms with van der Waals surface area (Å²) in [5.41, 5.74) is 5.40. The zero-order valence-electron chi connectivity index (χ0n) is 14.9. The van der Waals surface area contributed by atoms with E-state index in [4.69, 9.17) is 10.3 Å². The molecule has 0 fully saturated rings. The van der Waals surface area contributed by atoms with Crippen LogP contribution in [0.15, 0.2) is 47.0 Å². The molecule has 3 N–H and O–H groups in total. The van der Waals surface area contributed by atoms with Gasteiger partial charge in [-0.1, -0.05) is 35.5 Å². The summed E-state index contributed by atoms with van der Waals surface area (Å²) in [6.07, 6.45) is -4.67. The molecule has 10 heteroatoms. The first-order valence-electron chi connectivity index (χ1n) is 8.34. The number of hydrogen-bond donors (Lipinski definition) is 2. The Morgan fingerprint density at radius 1 is 1.21 bits per heavy atom. The van der Waals surface area contributed by atoms with E-state index < -0.39 is 17.6 Å². The van der Waals surface area contributed by atoms with E-state index in [0.29, 0.717) is 11.3 Å². The molecular weight excluding hydrogens is 405 g/mol. The van der Waals surface area contributed by atoms with Gasteiger partial charge < -0.3 is 15.6 Å². The Morgan fingerprint density at radius 3 is 2.55 bits per heavy atom. The van der Waals surface area contributed by atoms with Crippen molar-refractivity contribution in [3.05, 3.63) is 58.7 Å². The fourth-order valence-corrected chi connectivity index (χ4v) is 3.88. The van der Waals surface area contributed by atoms with Crippen LogP contribution in [0.1, 0.15) is 21.0 Å². The number of halogens is 3. The number of anilines is 2. The van der Waals surface area contributed by atoms with Crippen molar-refractivity contribution in [2.45, 2.75) is 13.1 Å². The van der Waals surface area contributed by atoms with Gasteiger partial charge in [0.25, 0.3) is 5.91 Å². The maximum absolute atomic E-state index is 13.8. The van der Waals surface area contributed by atoms with E-state index in [9.17, 15) is 18.0 Å². The quantitative estimate of drug-likeness (QED) is 0.482. The van der Waals surface area contributed by atoms with Crippen LogP contribution in [0, 0.1) is 6.92 Å². The zero-order chi connectivity index (χ0) is 20.8. The molecule has 0 saturated carbocycles. The number of pyridine rings is 1. The van der Waals surface area contributed by atoms with Crippen molar-refractivity contribution >= 4 is 39.0 Å². The zero-order valence-corrected chi connectivity index (χ0v) is 15.7. The van der Waals surface area contributed by atoms with E-state index in [1.54, 1.807) is 37.3 Å². The highest BCUT2D eigenvalue weighted by atomic mass is 32.1. The maximum Gasteiger partial charge on any atom is 0.417 e. The molecule has 0 bridgehead atoms. The molecule has 0 aliphatic heterocycles. The Balaban J connectivity index is 1.86. The SMILES string of the molecule is Cc1cc(NC(=O)c2sc3nc(-c4ccccc4)cc(C(F)(F)F)c3c2N)no1. The predicted octanol–water partition coefficient (Wildman–Crippen LogP) is 5.11. The summed E-state index contributed by atoms with van der Waals surface area (Å²) in [7, 11) is 0. The monoisotopic (exact) mass is 418 g/mol. The predicted molar refractivity (Wildman–Crippen MR) is 104 cm³/mol. The second kappa shape index (κ2) is 6.89. The number of nitrogens with two attached hydrogens (primary N) is 1. The number of aryl methyl sites for hydroxylation is 1. The van der Waals surface area contributed by atoms with Crippen LogP contribution < -0.4 is 11.1 Å². The Kier molecular flexibility index (Phi) is 4.50. The molecule has 4 aromatic rings. The van der Waals surface area contributed by atoms with Crippen LogP contribution in [-0.4, -0.2) is 16.0 Å². The van der Waals surface area contributed by atoms with Gasteiger partial charge in [0, 0.05) is 17.0 Å². The second-order valence-electron chi connectivity index (χ2n) is 6.22. The molecule has 0 unspecified atom stereocenters. The number of carbonyl (C=O) groups excluding carboxylic acids is 1. The molecule has 3 aromatic heterocycles. The lowest BCUT2D eigenvalue weighted by Gasteiger charge is -2.11. The number of alkyl halides is 3. The minimum Gasteiger partial charge on any atom is -0.397 e. The van der Waals surface area contributed by atoms with Gasteiger partial charge >= 0.3 is 6.18 Å². The summed E-state index contributed by atoms with van der Waals surface area (Å²) < 4.78 is 46.1. The standard InChI is InChI=1S/C19H13F3N4O2S/c1-9-7-13(26-28-9)25-17(27)16-15(23)14-11(19(20,21)22)8-12(24-18(14)29-16)10-5-3-2-4-6-10/h2-8H,23H2,1H3,(H,25,26,27). The molecule has 148 valence electrons. The Hall–Kier alpha value is -3.40. The van der Waals surface area contributed by atoms with Crippen LogP contribution in [0.2, 0.25) is 0 Å². The first-order chi connectivity index (χ1) is 13.7. The van der Waals surface area contributed by atoms with Gasteiger partial charge in [-0.3, -0.25) is 4.79 Å².